The van der Waals surface area contributed by atoms with Crippen molar-refractivity contribution in [2.75, 3.05) is 11.9 Å². The fourth-order valence-corrected chi connectivity index (χ4v) is 1.65. The number of nitrogens with one attached hydrogen (secondary N) is 1. The lowest BCUT2D eigenvalue weighted by molar-refractivity contribution is 0.454. The highest BCUT2D eigenvalue weighted by Gasteiger charge is 2.12. The third-order valence-electron chi connectivity index (χ3n) is 2.61. The molecule has 0 aromatic carbocycles. The van der Waals surface area contributed by atoms with Crippen LogP contribution in [-0.4, -0.2) is 26.3 Å². The van der Waals surface area contributed by atoms with E-state index in [1.807, 2.05) is 27.8 Å². The number of hydrogen-bond acceptors (Lipinski definition) is 5. The van der Waals surface area contributed by atoms with E-state index in [0.29, 0.717) is 11.8 Å². The first-order valence-electron chi connectivity index (χ1n) is 5.86. The molecule has 2 heterocycles. The molecule has 1 N–H and O–H groups in total. The van der Waals surface area contributed by atoms with Gasteiger partial charge in [0.25, 0.3) is 0 Å². The molecule has 0 fully saturated rings. The standard InChI is InChI=1S/C12H17N5O/c1-5-13-12-14-7-6-10(15-12)18-11-8(2)16-17(4)9(11)3/h6-7H,5H2,1-4H3,(H,13,14,15). The van der Waals surface area contributed by atoms with E-state index < -0.39 is 0 Å². The number of hydrogen-bond donors (Lipinski definition) is 1. The number of aromatic nitrogens is 4. The first-order chi connectivity index (χ1) is 8.61. The molecule has 0 saturated heterocycles. The van der Waals surface area contributed by atoms with Gasteiger partial charge in [-0.25, -0.2) is 4.98 Å². The topological polar surface area (TPSA) is 64.9 Å². The van der Waals surface area contributed by atoms with Gasteiger partial charge < -0.3 is 10.1 Å². The van der Waals surface area contributed by atoms with Crippen molar-refractivity contribution in [3.8, 4) is 11.6 Å². The highest BCUT2D eigenvalue weighted by molar-refractivity contribution is 5.36. The smallest absolute Gasteiger partial charge is 0.225 e. The van der Waals surface area contributed by atoms with Crippen LogP contribution < -0.4 is 10.1 Å². The van der Waals surface area contributed by atoms with E-state index in [1.54, 1.807) is 16.9 Å². The Hall–Kier alpha value is -2.11. The predicted octanol–water partition coefficient (Wildman–Crippen LogP) is 2.05. The number of anilines is 1. The highest BCUT2D eigenvalue weighted by atomic mass is 16.5. The molecule has 0 spiro atoms. The Kier molecular flexibility index (Phi) is 3.45. The summed E-state index contributed by atoms with van der Waals surface area (Å²) in [6.45, 7) is 6.64. The molecule has 0 aliphatic rings. The summed E-state index contributed by atoms with van der Waals surface area (Å²) in [5.74, 6) is 1.83. The van der Waals surface area contributed by atoms with Crippen molar-refractivity contribution in [3.05, 3.63) is 23.7 Å². The molecular formula is C12H17N5O. The second kappa shape index (κ2) is 5.03. The van der Waals surface area contributed by atoms with Gasteiger partial charge in [0.15, 0.2) is 5.75 Å². The SMILES string of the molecule is CCNc1nccc(Oc2c(C)nn(C)c2C)n1. The van der Waals surface area contributed by atoms with E-state index >= 15 is 0 Å². The second-order valence-corrected chi connectivity index (χ2v) is 3.97. The Balaban J connectivity index is 2.25. The number of ether oxygens (including phenoxy) is 1. The Morgan fingerprint density at radius 1 is 1.39 bits per heavy atom. The van der Waals surface area contributed by atoms with Crippen LogP contribution in [0.15, 0.2) is 12.3 Å². The molecule has 6 heteroatoms. The monoisotopic (exact) mass is 247 g/mol. The minimum absolute atomic E-state index is 0.514. The van der Waals surface area contributed by atoms with Gasteiger partial charge >= 0.3 is 0 Å². The molecule has 18 heavy (non-hydrogen) atoms. The van der Waals surface area contributed by atoms with E-state index in [9.17, 15) is 0 Å². The van der Waals surface area contributed by atoms with Crippen LogP contribution in [0.4, 0.5) is 5.95 Å². The third kappa shape index (κ3) is 2.42. The molecule has 0 atom stereocenters. The van der Waals surface area contributed by atoms with Gasteiger partial charge in [0, 0.05) is 25.9 Å². The van der Waals surface area contributed by atoms with Crippen molar-refractivity contribution >= 4 is 5.95 Å². The lowest BCUT2D eigenvalue weighted by atomic mass is 10.3. The Morgan fingerprint density at radius 2 is 2.17 bits per heavy atom. The molecular weight excluding hydrogens is 230 g/mol. The summed E-state index contributed by atoms with van der Waals surface area (Å²) in [5, 5.41) is 7.34. The Labute approximate surface area is 106 Å². The van der Waals surface area contributed by atoms with Crippen LogP contribution in [-0.2, 0) is 7.05 Å². The summed E-state index contributed by atoms with van der Waals surface area (Å²) in [6, 6.07) is 1.73. The van der Waals surface area contributed by atoms with Crippen molar-refractivity contribution in [2.45, 2.75) is 20.8 Å². The summed E-state index contributed by atoms with van der Waals surface area (Å²) < 4.78 is 7.56. The summed E-state index contributed by atoms with van der Waals surface area (Å²) >= 11 is 0. The lowest BCUT2D eigenvalue weighted by Crippen LogP contribution is -2.02. The zero-order valence-corrected chi connectivity index (χ0v) is 11.1. The van der Waals surface area contributed by atoms with Crippen LogP contribution in [0.2, 0.25) is 0 Å². The zero-order chi connectivity index (χ0) is 13.1. The molecule has 0 saturated carbocycles. The fourth-order valence-electron chi connectivity index (χ4n) is 1.65. The van der Waals surface area contributed by atoms with Crippen LogP contribution in [0, 0.1) is 13.8 Å². The van der Waals surface area contributed by atoms with Crippen molar-refractivity contribution < 1.29 is 4.74 Å². The highest BCUT2D eigenvalue weighted by Crippen LogP contribution is 2.26. The number of rotatable bonds is 4. The van der Waals surface area contributed by atoms with Gasteiger partial charge in [-0.1, -0.05) is 0 Å². The minimum atomic E-state index is 0.514. The molecule has 2 rings (SSSR count). The Morgan fingerprint density at radius 3 is 2.78 bits per heavy atom. The van der Waals surface area contributed by atoms with Crippen molar-refractivity contribution in [1.82, 2.24) is 19.7 Å². The second-order valence-electron chi connectivity index (χ2n) is 3.97. The van der Waals surface area contributed by atoms with Gasteiger partial charge in [-0.3, -0.25) is 4.68 Å². The minimum Gasteiger partial charge on any atom is -0.435 e. The average molecular weight is 247 g/mol. The van der Waals surface area contributed by atoms with Gasteiger partial charge in [-0.2, -0.15) is 10.1 Å². The maximum absolute atomic E-state index is 5.77. The average Bonchev–Trinajstić information content (AvgIpc) is 2.57. The maximum atomic E-state index is 5.77. The lowest BCUT2D eigenvalue weighted by Gasteiger charge is -2.06. The van der Waals surface area contributed by atoms with Crippen molar-refractivity contribution in [3.63, 3.8) is 0 Å². The molecule has 0 aliphatic heterocycles. The first-order valence-corrected chi connectivity index (χ1v) is 5.86. The predicted molar refractivity (Wildman–Crippen MR) is 69.0 cm³/mol. The van der Waals surface area contributed by atoms with Gasteiger partial charge in [-0.15, -0.1) is 0 Å². The normalized spacial score (nSPS) is 10.4. The molecule has 0 radical (unpaired) electrons. The molecule has 96 valence electrons. The van der Waals surface area contributed by atoms with Gasteiger partial charge in [0.05, 0.1) is 5.69 Å². The van der Waals surface area contributed by atoms with E-state index in [4.69, 9.17) is 4.74 Å². The van der Waals surface area contributed by atoms with Crippen LogP contribution in [0.25, 0.3) is 0 Å². The molecule has 6 nitrogen and oxygen atoms in total. The van der Waals surface area contributed by atoms with Crippen LogP contribution in [0.1, 0.15) is 18.3 Å². The molecule has 0 aliphatic carbocycles. The van der Waals surface area contributed by atoms with Gasteiger partial charge in [-0.05, 0) is 20.8 Å². The molecule has 2 aromatic rings. The third-order valence-corrected chi connectivity index (χ3v) is 2.61. The maximum Gasteiger partial charge on any atom is 0.225 e. The van der Waals surface area contributed by atoms with E-state index in [0.717, 1.165) is 23.7 Å². The van der Waals surface area contributed by atoms with Crippen LogP contribution in [0.5, 0.6) is 11.6 Å². The molecule has 0 bridgehead atoms. The number of aryl methyl sites for hydroxylation is 2. The summed E-state index contributed by atoms with van der Waals surface area (Å²) in [5.41, 5.74) is 1.81. The summed E-state index contributed by atoms with van der Waals surface area (Å²) in [7, 11) is 1.89. The summed E-state index contributed by atoms with van der Waals surface area (Å²) in [6.07, 6.45) is 1.67. The van der Waals surface area contributed by atoms with E-state index in [2.05, 4.69) is 20.4 Å². The molecule has 0 amide bonds. The molecule has 0 unspecified atom stereocenters. The van der Waals surface area contributed by atoms with Crippen molar-refractivity contribution in [1.29, 1.82) is 0 Å². The van der Waals surface area contributed by atoms with Crippen LogP contribution in [0.3, 0.4) is 0 Å². The first kappa shape index (κ1) is 12.3. The van der Waals surface area contributed by atoms with E-state index in [-0.39, 0.29) is 0 Å². The number of nitrogens with zero attached hydrogens (tertiary/aromatic N) is 4. The van der Waals surface area contributed by atoms with Gasteiger partial charge in [0.1, 0.15) is 5.69 Å². The van der Waals surface area contributed by atoms with Crippen LogP contribution >= 0.6 is 0 Å². The fraction of sp³-hybridized carbons (Fsp3) is 0.417. The zero-order valence-electron chi connectivity index (χ0n) is 11.1. The van der Waals surface area contributed by atoms with E-state index in [1.165, 1.54) is 0 Å². The Bertz CT molecular complexity index is 549. The van der Waals surface area contributed by atoms with Gasteiger partial charge in [0.2, 0.25) is 11.8 Å². The quantitative estimate of drug-likeness (QED) is 0.895. The largest absolute Gasteiger partial charge is 0.435 e. The molecule has 2 aromatic heterocycles. The van der Waals surface area contributed by atoms with Crippen molar-refractivity contribution in [2.24, 2.45) is 7.05 Å². The summed E-state index contributed by atoms with van der Waals surface area (Å²) in [4.78, 5) is 8.37.